The van der Waals surface area contributed by atoms with E-state index in [1.165, 1.54) is 0 Å². The van der Waals surface area contributed by atoms with E-state index in [-0.39, 0.29) is 12.5 Å². The molecule has 0 saturated carbocycles. The average Bonchev–Trinajstić information content (AvgIpc) is 2.36. The van der Waals surface area contributed by atoms with Crippen LogP contribution in [-0.2, 0) is 14.3 Å². The molecule has 1 aromatic carbocycles. The van der Waals surface area contributed by atoms with Crippen molar-refractivity contribution in [3.63, 3.8) is 0 Å². The van der Waals surface area contributed by atoms with E-state index in [9.17, 15) is 9.59 Å². The van der Waals surface area contributed by atoms with Gasteiger partial charge in [0, 0.05) is 0 Å². The summed E-state index contributed by atoms with van der Waals surface area (Å²) in [5, 5.41) is 2.55. The van der Waals surface area contributed by atoms with Gasteiger partial charge >= 0.3 is 5.97 Å². The maximum atomic E-state index is 11.7. The minimum Gasteiger partial charge on any atom is -0.484 e. The number of amides is 1. The Balaban J connectivity index is 2.39. The van der Waals surface area contributed by atoms with Gasteiger partial charge in [-0.25, -0.2) is 4.79 Å². The van der Waals surface area contributed by atoms with Gasteiger partial charge in [-0.3, -0.25) is 4.79 Å². The fourth-order valence-electron chi connectivity index (χ4n) is 1.52. The SMILES string of the molecule is Cc1ccc(OCC(=O)N[C@@H](C)C(=O)OC(C)(C)C)cc1. The van der Waals surface area contributed by atoms with Gasteiger partial charge in [-0.05, 0) is 46.8 Å². The highest BCUT2D eigenvalue weighted by Gasteiger charge is 2.22. The average molecular weight is 293 g/mol. The summed E-state index contributed by atoms with van der Waals surface area (Å²) >= 11 is 0. The first-order valence-electron chi connectivity index (χ1n) is 6.89. The van der Waals surface area contributed by atoms with Crippen molar-refractivity contribution >= 4 is 11.9 Å². The minimum atomic E-state index is -0.710. The molecule has 1 aromatic rings. The van der Waals surface area contributed by atoms with Crippen molar-refractivity contribution < 1.29 is 19.1 Å². The number of carbonyl (C=O) groups excluding carboxylic acids is 2. The molecule has 0 aliphatic heterocycles. The summed E-state index contributed by atoms with van der Waals surface area (Å²) < 4.78 is 10.5. The van der Waals surface area contributed by atoms with Crippen LogP contribution in [0, 0.1) is 6.92 Å². The van der Waals surface area contributed by atoms with E-state index in [0.29, 0.717) is 5.75 Å². The normalized spacial score (nSPS) is 12.4. The first-order chi connectivity index (χ1) is 9.67. The highest BCUT2D eigenvalue weighted by atomic mass is 16.6. The molecule has 0 spiro atoms. The van der Waals surface area contributed by atoms with Crippen LogP contribution in [0.1, 0.15) is 33.3 Å². The number of benzene rings is 1. The van der Waals surface area contributed by atoms with Gasteiger partial charge in [0.25, 0.3) is 5.91 Å². The molecular weight excluding hydrogens is 270 g/mol. The third kappa shape index (κ3) is 6.79. The van der Waals surface area contributed by atoms with Gasteiger partial charge in [0.1, 0.15) is 17.4 Å². The fourth-order valence-corrected chi connectivity index (χ4v) is 1.52. The minimum absolute atomic E-state index is 0.143. The Labute approximate surface area is 125 Å². The van der Waals surface area contributed by atoms with Crippen molar-refractivity contribution in [1.82, 2.24) is 5.32 Å². The molecule has 0 saturated heterocycles. The number of nitrogens with one attached hydrogen (secondary N) is 1. The van der Waals surface area contributed by atoms with E-state index in [0.717, 1.165) is 5.56 Å². The van der Waals surface area contributed by atoms with Crippen LogP contribution in [0.15, 0.2) is 24.3 Å². The monoisotopic (exact) mass is 293 g/mol. The zero-order valence-electron chi connectivity index (χ0n) is 13.2. The van der Waals surface area contributed by atoms with Gasteiger partial charge < -0.3 is 14.8 Å². The number of rotatable bonds is 5. The molecule has 0 bridgehead atoms. The summed E-state index contributed by atoms with van der Waals surface area (Å²) in [7, 11) is 0. The second-order valence-corrected chi connectivity index (χ2v) is 5.92. The summed E-state index contributed by atoms with van der Waals surface area (Å²) in [4.78, 5) is 23.4. The molecule has 5 heteroatoms. The molecular formula is C16H23NO4. The molecule has 1 N–H and O–H groups in total. The van der Waals surface area contributed by atoms with Crippen molar-refractivity contribution in [3.8, 4) is 5.75 Å². The van der Waals surface area contributed by atoms with E-state index < -0.39 is 17.6 Å². The van der Waals surface area contributed by atoms with Crippen LogP contribution in [0.25, 0.3) is 0 Å². The highest BCUT2D eigenvalue weighted by Crippen LogP contribution is 2.11. The van der Waals surface area contributed by atoms with Crippen molar-refractivity contribution in [2.45, 2.75) is 46.3 Å². The van der Waals surface area contributed by atoms with Crippen LogP contribution < -0.4 is 10.1 Å². The summed E-state index contributed by atoms with van der Waals surface area (Å²) in [6.45, 7) is 8.74. The molecule has 1 amide bonds. The molecule has 0 unspecified atom stereocenters. The first-order valence-corrected chi connectivity index (χ1v) is 6.89. The van der Waals surface area contributed by atoms with E-state index in [1.54, 1.807) is 39.8 Å². The lowest BCUT2D eigenvalue weighted by Crippen LogP contribution is -2.43. The van der Waals surface area contributed by atoms with Gasteiger partial charge in [0.2, 0.25) is 0 Å². The Morgan fingerprint density at radius 1 is 1.19 bits per heavy atom. The van der Waals surface area contributed by atoms with Crippen LogP contribution >= 0.6 is 0 Å². The predicted octanol–water partition coefficient (Wildman–Crippen LogP) is 2.22. The van der Waals surface area contributed by atoms with Crippen molar-refractivity contribution in [1.29, 1.82) is 0 Å². The standard InChI is InChI=1S/C16H23NO4/c1-11-6-8-13(9-7-11)20-10-14(18)17-12(2)15(19)21-16(3,4)5/h6-9,12H,10H2,1-5H3,(H,17,18)/t12-/m0/s1. The molecule has 1 atom stereocenters. The van der Waals surface area contributed by atoms with Gasteiger partial charge in [-0.15, -0.1) is 0 Å². The Morgan fingerprint density at radius 3 is 2.29 bits per heavy atom. The zero-order chi connectivity index (χ0) is 16.0. The topological polar surface area (TPSA) is 64.6 Å². The maximum Gasteiger partial charge on any atom is 0.328 e. The van der Waals surface area contributed by atoms with Crippen molar-refractivity contribution in [2.24, 2.45) is 0 Å². The van der Waals surface area contributed by atoms with Gasteiger partial charge in [-0.1, -0.05) is 17.7 Å². The van der Waals surface area contributed by atoms with Crippen LogP contribution in [0.3, 0.4) is 0 Å². The first kappa shape index (κ1) is 17.0. The van der Waals surface area contributed by atoms with Crippen LogP contribution in [-0.4, -0.2) is 30.1 Å². The number of hydrogen-bond acceptors (Lipinski definition) is 4. The molecule has 0 heterocycles. The molecule has 5 nitrogen and oxygen atoms in total. The summed E-state index contributed by atoms with van der Waals surface area (Å²) in [5.74, 6) is -0.221. The molecule has 21 heavy (non-hydrogen) atoms. The molecule has 116 valence electrons. The summed E-state index contributed by atoms with van der Waals surface area (Å²) in [5.41, 5.74) is 0.541. The Bertz CT molecular complexity index is 488. The Morgan fingerprint density at radius 2 is 1.76 bits per heavy atom. The molecule has 0 radical (unpaired) electrons. The third-order valence-corrected chi connectivity index (χ3v) is 2.53. The molecule has 0 aliphatic rings. The second kappa shape index (κ2) is 7.11. The number of aryl methyl sites for hydroxylation is 1. The quantitative estimate of drug-likeness (QED) is 0.845. The number of hydrogen-bond donors (Lipinski definition) is 1. The number of ether oxygens (including phenoxy) is 2. The largest absolute Gasteiger partial charge is 0.484 e. The summed E-state index contributed by atoms with van der Waals surface area (Å²) in [6, 6.07) is 6.67. The molecule has 1 rings (SSSR count). The van der Waals surface area contributed by atoms with Crippen LogP contribution in [0.4, 0.5) is 0 Å². The molecule has 0 aliphatic carbocycles. The third-order valence-electron chi connectivity index (χ3n) is 2.53. The highest BCUT2D eigenvalue weighted by molar-refractivity contribution is 5.85. The smallest absolute Gasteiger partial charge is 0.328 e. The lowest BCUT2D eigenvalue weighted by Gasteiger charge is -2.22. The molecule has 0 fully saturated rings. The van der Waals surface area contributed by atoms with E-state index in [2.05, 4.69) is 5.32 Å². The van der Waals surface area contributed by atoms with Crippen molar-refractivity contribution in [3.05, 3.63) is 29.8 Å². The van der Waals surface area contributed by atoms with E-state index in [1.807, 2.05) is 19.1 Å². The fraction of sp³-hybridized carbons (Fsp3) is 0.500. The summed E-state index contributed by atoms with van der Waals surface area (Å²) in [6.07, 6.45) is 0. The predicted molar refractivity (Wildman–Crippen MR) is 80.1 cm³/mol. The van der Waals surface area contributed by atoms with Crippen molar-refractivity contribution in [2.75, 3.05) is 6.61 Å². The maximum absolute atomic E-state index is 11.7. The second-order valence-electron chi connectivity index (χ2n) is 5.92. The lowest BCUT2D eigenvalue weighted by atomic mass is 10.2. The van der Waals surface area contributed by atoms with E-state index >= 15 is 0 Å². The number of esters is 1. The Hall–Kier alpha value is -2.04. The van der Waals surface area contributed by atoms with Crippen LogP contribution in [0.5, 0.6) is 5.75 Å². The zero-order valence-corrected chi connectivity index (χ0v) is 13.2. The van der Waals surface area contributed by atoms with E-state index in [4.69, 9.17) is 9.47 Å². The van der Waals surface area contributed by atoms with Gasteiger partial charge in [-0.2, -0.15) is 0 Å². The Kier molecular flexibility index (Phi) is 5.76. The molecule has 0 aromatic heterocycles. The van der Waals surface area contributed by atoms with Gasteiger partial charge in [0.15, 0.2) is 6.61 Å². The van der Waals surface area contributed by atoms with Crippen LogP contribution in [0.2, 0.25) is 0 Å². The lowest BCUT2D eigenvalue weighted by molar-refractivity contribution is -0.158. The van der Waals surface area contributed by atoms with Gasteiger partial charge in [0.05, 0.1) is 0 Å². The number of carbonyl (C=O) groups is 2.